The molecule has 2 aliphatic carbocycles. The van der Waals surface area contributed by atoms with E-state index in [0.29, 0.717) is 23.7 Å². The summed E-state index contributed by atoms with van der Waals surface area (Å²) in [4.78, 5) is 24.2. The van der Waals surface area contributed by atoms with Gasteiger partial charge in [-0.3, -0.25) is 15.2 Å². The minimum absolute atomic E-state index is 0.0971. The molecule has 3 heterocycles. The fraction of sp³-hybridized carbons (Fsp3) is 0.357. The number of halogens is 1. The van der Waals surface area contributed by atoms with Crippen LogP contribution in [0.25, 0.3) is 27.5 Å². The Balaban J connectivity index is 1.49. The van der Waals surface area contributed by atoms with Crippen molar-refractivity contribution >= 4 is 22.6 Å². The lowest BCUT2D eigenvalue weighted by atomic mass is 9.95. The highest BCUT2D eigenvalue weighted by molar-refractivity contribution is 7.19. The first-order chi connectivity index (χ1) is 18.3. The second-order valence-corrected chi connectivity index (χ2v) is 11.0. The topological polar surface area (TPSA) is 85.2 Å². The molecule has 1 amide bonds. The summed E-state index contributed by atoms with van der Waals surface area (Å²) in [5.41, 5.74) is 6.51. The lowest BCUT2D eigenvalue weighted by Gasteiger charge is -2.24. The van der Waals surface area contributed by atoms with Crippen molar-refractivity contribution in [3.63, 3.8) is 0 Å². The smallest absolute Gasteiger partial charge is 0.413 e. The third kappa shape index (κ3) is 4.08. The molecule has 196 valence electrons. The molecular weight excluding hydrogens is 503 g/mol. The Hall–Kier alpha value is -3.63. The standard InChI is InChI=1S/C28H29FN6O2S/c1-5-37-27(36)32-26-31-21-10-9-19-23(17-7-6-16(2)30-15-17)33-35(24(19)25(21)38-26)22-11-8-18(14-20(22)29)28(12-13-28)34(3)4/h6-8,11,14-15H,5,9-10,12-13H2,1-4H3,(H,31,32,36). The molecule has 0 radical (unpaired) electrons. The molecule has 6 rings (SSSR count). The van der Waals surface area contributed by atoms with E-state index in [0.717, 1.165) is 57.2 Å². The van der Waals surface area contributed by atoms with Crippen LogP contribution in [0.1, 0.15) is 42.3 Å². The average molecular weight is 533 g/mol. The van der Waals surface area contributed by atoms with Gasteiger partial charge in [0.15, 0.2) is 5.13 Å². The van der Waals surface area contributed by atoms with Gasteiger partial charge < -0.3 is 4.74 Å². The number of thiazole rings is 1. The van der Waals surface area contributed by atoms with Gasteiger partial charge in [-0.1, -0.05) is 17.4 Å². The van der Waals surface area contributed by atoms with Crippen LogP contribution in [0.5, 0.6) is 0 Å². The second kappa shape index (κ2) is 9.28. The molecule has 3 aromatic heterocycles. The largest absolute Gasteiger partial charge is 0.450 e. The highest BCUT2D eigenvalue weighted by Gasteiger charge is 2.46. The van der Waals surface area contributed by atoms with Crippen molar-refractivity contribution in [2.75, 3.05) is 26.0 Å². The molecule has 0 unspecified atom stereocenters. The number of benzene rings is 1. The number of hydrogen-bond donors (Lipinski definition) is 1. The molecule has 1 fully saturated rings. The van der Waals surface area contributed by atoms with Crippen LogP contribution in [-0.2, 0) is 23.1 Å². The Kier molecular flexibility index (Phi) is 6.03. The summed E-state index contributed by atoms with van der Waals surface area (Å²) in [7, 11) is 4.08. The molecule has 1 N–H and O–H groups in total. The molecule has 38 heavy (non-hydrogen) atoms. The predicted molar refractivity (Wildman–Crippen MR) is 145 cm³/mol. The van der Waals surface area contributed by atoms with Crippen molar-refractivity contribution in [2.45, 2.75) is 45.1 Å². The monoisotopic (exact) mass is 532 g/mol. The third-order valence-corrected chi connectivity index (χ3v) is 8.49. The number of nitrogens with one attached hydrogen (secondary N) is 1. The van der Waals surface area contributed by atoms with Gasteiger partial charge >= 0.3 is 6.09 Å². The molecular formula is C28H29FN6O2S. The molecule has 10 heteroatoms. The van der Waals surface area contributed by atoms with Crippen LogP contribution in [0.15, 0.2) is 36.5 Å². The third-order valence-electron chi connectivity index (χ3n) is 7.47. The van der Waals surface area contributed by atoms with E-state index in [1.54, 1.807) is 17.7 Å². The number of amides is 1. The summed E-state index contributed by atoms with van der Waals surface area (Å²) in [6.45, 7) is 3.96. The van der Waals surface area contributed by atoms with E-state index in [1.165, 1.54) is 11.3 Å². The molecule has 1 saturated carbocycles. The van der Waals surface area contributed by atoms with Crippen LogP contribution in [-0.4, -0.2) is 51.4 Å². The molecule has 2 aliphatic rings. The zero-order valence-electron chi connectivity index (χ0n) is 21.8. The Morgan fingerprint density at radius 1 is 1.24 bits per heavy atom. The first kappa shape index (κ1) is 24.7. The van der Waals surface area contributed by atoms with E-state index in [2.05, 4.69) is 20.2 Å². The van der Waals surface area contributed by atoms with Crippen molar-refractivity contribution in [2.24, 2.45) is 0 Å². The van der Waals surface area contributed by atoms with E-state index in [9.17, 15) is 4.79 Å². The normalized spacial score (nSPS) is 15.2. The van der Waals surface area contributed by atoms with Gasteiger partial charge in [-0.15, -0.1) is 0 Å². The van der Waals surface area contributed by atoms with Crippen molar-refractivity contribution in [3.8, 4) is 27.5 Å². The van der Waals surface area contributed by atoms with Gasteiger partial charge in [0.2, 0.25) is 0 Å². The number of nitrogens with zero attached hydrogens (tertiary/aromatic N) is 5. The summed E-state index contributed by atoms with van der Waals surface area (Å²) < 4.78 is 22.6. The molecule has 8 nitrogen and oxygen atoms in total. The maximum atomic E-state index is 15.9. The number of anilines is 1. The van der Waals surface area contributed by atoms with Gasteiger partial charge in [0.25, 0.3) is 0 Å². The van der Waals surface area contributed by atoms with Gasteiger partial charge in [-0.05, 0) is 83.5 Å². The van der Waals surface area contributed by atoms with E-state index >= 15 is 4.39 Å². The quantitative estimate of drug-likeness (QED) is 0.342. The lowest BCUT2D eigenvalue weighted by molar-refractivity contribution is 0.168. The van der Waals surface area contributed by atoms with Gasteiger partial charge in [0.1, 0.15) is 11.5 Å². The van der Waals surface area contributed by atoms with Crippen LogP contribution in [0.3, 0.4) is 0 Å². The lowest BCUT2D eigenvalue weighted by Crippen LogP contribution is -2.27. The van der Waals surface area contributed by atoms with Crippen LogP contribution in [0.2, 0.25) is 0 Å². The van der Waals surface area contributed by atoms with Crippen LogP contribution >= 0.6 is 11.3 Å². The number of pyridine rings is 1. The van der Waals surface area contributed by atoms with Crippen molar-refractivity contribution < 1.29 is 13.9 Å². The molecule has 0 saturated heterocycles. The zero-order valence-corrected chi connectivity index (χ0v) is 22.7. The summed E-state index contributed by atoms with van der Waals surface area (Å²) in [5.74, 6) is -0.323. The van der Waals surface area contributed by atoms with Crippen LogP contribution in [0.4, 0.5) is 14.3 Å². The summed E-state index contributed by atoms with van der Waals surface area (Å²) in [6, 6.07) is 9.43. The Morgan fingerprint density at radius 2 is 2.05 bits per heavy atom. The number of ether oxygens (including phenoxy) is 1. The fourth-order valence-electron chi connectivity index (χ4n) is 5.27. The fourth-order valence-corrected chi connectivity index (χ4v) is 6.33. The number of rotatable bonds is 6. The average Bonchev–Trinajstić information content (AvgIpc) is 3.48. The second-order valence-electron chi connectivity index (χ2n) is 10.0. The first-order valence-electron chi connectivity index (χ1n) is 12.8. The van der Waals surface area contributed by atoms with E-state index < -0.39 is 6.09 Å². The maximum Gasteiger partial charge on any atom is 0.413 e. The minimum Gasteiger partial charge on any atom is -0.450 e. The van der Waals surface area contributed by atoms with Crippen molar-refractivity contribution in [1.29, 1.82) is 0 Å². The number of carbonyl (C=O) groups excluding carboxylic acids is 1. The zero-order chi connectivity index (χ0) is 26.6. The predicted octanol–water partition coefficient (Wildman–Crippen LogP) is 5.72. The van der Waals surface area contributed by atoms with Crippen LogP contribution < -0.4 is 5.32 Å². The van der Waals surface area contributed by atoms with Gasteiger partial charge in [-0.2, -0.15) is 5.10 Å². The van der Waals surface area contributed by atoms with Gasteiger partial charge in [-0.25, -0.2) is 18.9 Å². The number of aromatic nitrogens is 4. The van der Waals surface area contributed by atoms with Crippen molar-refractivity contribution in [1.82, 2.24) is 24.6 Å². The molecule has 0 bridgehead atoms. The summed E-state index contributed by atoms with van der Waals surface area (Å²) >= 11 is 1.35. The minimum atomic E-state index is -0.546. The molecule has 1 aromatic carbocycles. The number of hydrogen-bond acceptors (Lipinski definition) is 7. The number of aryl methyl sites for hydroxylation is 2. The number of carbonyl (C=O) groups is 1. The number of fused-ring (bicyclic) bond motifs is 3. The molecule has 4 aromatic rings. The Labute approximate surface area is 224 Å². The van der Waals surface area contributed by atoms with E-state index in [1.807, 2.05) is 51.5 Å². The molecule has 0 aliphatic heterocycles. The van der Waals surface area contributed by atoms with Gasteiger partial charge in [0, 0.05) is 28.6 Å². The SMILES string of the molecule is CCOC(=O)Nc1nc2c(s1)-c1c(c(-c3ccc(C)nc3)nn1-c1ccc(C3(N(C)C)CC3)cc1F)CC2. The maximum absolute atomic E-state index is 15.9. The first-order valence-corrected chi connectivity index (χ1v) is 13.6. The van der Waals surface area contributed by atoms with E-state index in [-0.39, 0.29) is 18.0 Å². The summed E-state index contributed by atoms with van der Waals surface area (Å²) in [5, 5.41) is 8.12. The Bertz CT molecular complexity index is 1540. The van der Waals surface area contributed by atoms with Crippen LogP contribution in [0, 0.1) is 12.7 Å². The van der Waals surface area contributed by atoms with E-state index in [4.69, 9.17) is 9.84 Å². The molecule has 0 atom stereocenters. The highest BCUT2D eigenvalue weighted by atomic mass is 32.1. The highest BCUT2D eigenvalue weighted by Crippen LogP contribution is 2.50. The summed E-state index contributed by atoms with van der Waals surface area (Å²) in [6.07, 6.45) is 4.68. The van der Waals surface area contributed by atoms with Gasteiger partial charge in [0.05, 0.1) is 28.6 Å². The molecule has 0 spiro atoms. The van der Waals surface area contributed by atoms with Crippen molar-refractivity contribution in [3.05, 3.63) is 64.9 Å². The Morgan fingerprint density at radius 3 is 2.71 bits per heavy atom.